The van der Waals surface area contributed by atoms with Gasteiger partial charge in [0.2, 0.25) is 0 Å². The Morgan fingerprint density at radius 2 is 1.17 bits per heavy atom. The topological polar surface area (TPSA) is 52.6 Å². The van der Waals surface area contributed by atoms with Gasteiger partial charge in [-0.2, -0.15) is 0 Å². The first kappa shape index (κ1) is 22.1. The number of rotatable bonds is 17. The molecule has 0 radical (unpaired) electrons. The van der Waals surface area contributed by atoms with Gasteiger partial charge in [-0.05, 0) is 13.3 Å². The van der Waals surface area contributed by atoms with Gasteiger partial charge >= 0.3 is 5.97 Å². The SMILES string of the molecule is CCCCCCCCCCCCCCOC(=O)COCC(C)=O. The Morgan fingerprint density at radius 1 is 0.696 bits per heavy atom. The average Bonchev–Trinajstić information content (AvgIpc) is 2.51. The molecule has 0 spiro atoms. The molecule has 23 heavy (non-hydrogen) atoms. The van der Waals surface area contributed by atoms with Crippen molar-refractivity contribution >= 4 is 11.8 Å². The zero-order valence-electron chi connectivity index (χ0n) is 15.2. The maximum absolute atomic E-state index is 11.3. The molecule has 0 unspecified atom stereocenters. The van der Waals surface area contributed by atoms with Crippen LogP contribution in [0.1, 0.15) is 90.9 Å². The molecule has 0 aromatic heterocycles. The van der Waals surface area contributed by atoms with Gasteiger partial charge in [-0.3, -0.25) is 4.79 Å². The summed E-state index contributed by atoms with van der Waals surface area (Å²) in [6.07, 6.45) is 15.5. The minimum Gasteiger partial charge on any atom is -0.464 e. The summed E-state index contributed by atoms with van der Waals surface area (Å²) in [6, 6.07) is 0. The Hall–Kier alpha value is -0.900. The number of ether oxygens (including phenoxy) is 2. The number of hydrogen-bond donors (Lipinski definition) is 0. The summed E-state index contributed by atoms with van der Waals surface area (Å²) >= 11 is 0. The van der Waals surface area contributed by atoms with Gasteiger partial charge in [0.05, 0.1) is 6.61 Å². The molecule has 4 nitrogen and oxygen atoms in total. The first-order valence-corrected chi connectivity index (χ1v) is 9.39. The zero-order chi connectivity index (χ0) is 17.2. The van der Waals surface area contributed by atoms with Crippen molar-refractivity contribution in [1.29, 1.82) is 0 Å². The van der Waals surface area contributed by atoms with Gasteiger partial charge in [0.25, 0.3) is 0 Å². The number of unbranched alkanes of at least 4 members (excludes halogenated alkanes) is 11. The lowest BCUT2D eigenvalue weighted by Crippen LogP contribution is -2.16. The third-order valence-corrected chi connectivity index (χ3v) is 3.79. The van der Waals surface area contributed by atoms with Crippen LogP contribution in [0.3, 0.4) is 0 Å². The maximum atomic E-state index is 11.3. The lowest BCUT2D eigenvalue weighted by atomic mass is 10.1. The van der Waals surface area contributed by atoms with Crippen molar-refractivity contribution < 1.29 is 19.1 Å². The highest BCUT2D eigenvalue weighted by atomic mass is 16.6. The zero-order valence-corrected chi connectivity index (χ0v) is 15.2. The van der Waals surface area contributed by atoms with E-state index in [0.717, 1.165) is 12.8 Å². The monoisotopic (exact) mass is 328 g/mol. The molecule has 0 aliphatic carbocycles. The van der Waals surface area contributed by atoms with Crippen LogP contribution in [0.5, 0.6) is 0 Å². The van der Waals surface area contributed by atoms with Crippen molar-refractivity contribution in [1.82, 2.24) is 0 Å². The number of ketones is 1. The largest absolute Gasteiger partial charge is 0.464 e. The first-order valence-electron chi connectivity index (χ1n) is 9.39. The second kappa shape index (κ2) is 17.5. The van der Waals surface area contributed by atoms with Crippen LogP contribution in [0.15, 0.2) is 0 Å². The summed E-state index contributed by atoms with van der Waals surface area (Å²) < 4.78 is 9.94. The van der Waals surface area contributed by atoms with Crippen LogP contribution in [0.4, 0.5) is 0 Å². The number of esters is 1. The first-order chi connectivity index (χ1) is 11.2. The van der Waals surface area contributed by atoms with Crippen LogP contribution in [0.2, 0.25) is 0 Å². The van der Waals surface area contributed by atoms with E-state index in [1.165, 1.54) is 71.1 Å². The van der Waals surface area contributed by atoms with Crippen LogP contribution < -0.4 is 0 Å². The second-order valence-corrected chi connectivity index (χ2v) is 6.30. The summed E-state index contributed by atoms with van der Waals surface area (Å²) in [6.45, 7) is 3.99. The van der Waals surface area contributed by atoms with Gasteiger partial charge in [-0.25, -0.2) is 4.79 Å². The van der Waals surface area contributed by atoms with Crippen LogP contribution in [-0.4, -0.2) is 31.6 Å². The van der Waals surface area contributed by atoms with Crippen molar-refractivity contribution in [3.05, 3.63) is 0 Å². The van der Waals surface area contributed by atoms with Gasteiger partial charge in [0.1, 0.15) is 13.2 Å². The van der Waals surface area contributed by atoms with Gasteiger partial charge < -0.3 is 9.47 Å². The summed E-state index contributed by atoms with van der Waals surface area (Å²) in [4.78, 5) is 21.9. The number of hydrogen-bond acceptors (Lipinski definition) is 4. The molecule has 0 saturated carbocycles. The van der Waals surface area contributed by atoms with E-state index in [2.05, 4.69) is 6.92 Å². The highest BCUT2D eigenvalue weighted by molar-refractivity contribution is 5.77. The van der Waals surface area contributed by atoms with Crippen LogP contribution in [0.25, 0.3) is 0 Å². The van der Waals surface area contributed by atoms with Crippen LogP contribution >= 0.6 is 0 Å². The number of carbonyl (C=O) groups excluding carboxylic acids is 2. The van der Waals surface area contributed by atoms with E-state index >= 15 is 0 Å². The maximum Gasteiger partial charge on any atom is 0.332 e. The normalized spacial score (nSPS) is 10.7. The molecule has 0 heterocycles. The van der Waals surface area contributed by atoms with Crippen molar-refractivity contribution in [2.75, 3.05) is 19.8 Å². The van der Waals surface area contributed by atoms with E-state index in [4.69, 9.17) is 9.47 Å². The molecule has 0 rings (SSSR count). The lowest BCUT2D eigenvalue weighted by Gasteiger charge is -2.05. The molecule has 0 bridgehead atoms. The Morgan fingerprint density at radius 3 is 1.65 bits per heavy atom. The standard InChI is InChI=1S/C19H36O4/c1-3-4-5-6-7-8-9-10-11-12-13-14-15-23-19(21)17-22-16-18(2)20/h3-17H2,1-2H3. The van der Waals surface area contributed by atoms with Crippen molar-refractivity contribution in [3.63, 3.8) is 0 Å². The molecule has 0 aliphatic heterocycles. The Kier molecular flexibility index (Phi) is 16.8. The van der Waals surface area contributed by atoms with Crippen LogP contribution in [-0.2, 0) is 19.1 Å². The molecule has 0 fully saturated rings. The highest BCUT2D eigenvalue weighted by Crippen LogP contribution is 2.11. The van der Waals surface area contributed by atoms with Gasteiger partial charge in [-0.15, -0.1) is 0 Å². The smallest absolute Gasteiger partial charge is 0.332 e. The fourth-order valence-corrected chi connectivity index (χ4v) is 2.45. The summed E-state index contributed by atoms with van der Waals surface area (Å²) in [7, 11) is 0. The van der Waals surface area contributed by atoms with Gasteiger partial charge in [-0.1, -0.05) is 77.6 Å². The predicted octanol–water partition coefficient (Wildman–Crippen LogP) is 4.84. The quantitative estimate of drug-likeness (QED) is 0.283. The van der Waals surface area contributed by atoms with Crippen molar-refractivity contribution in [2.24, 2.45) is 0 Å². The third kappa shape index (κ3) is 19.1. The second-order valence-electron chi connectivity index (χ2n) is 6.30. The molecule has 0 amide bonds. The minimum absolute atomic E-state index is 0.0201. The summed E-state index contributed by atoms with van der Waals surface area (Å²) in [5.74, 6) is -0.465. The summed E-state index contributed by atoms with van der Waals surface area (Å²) in [5, 5.41) is 0. The van der Waals surface area contributed by atoms with Crippen molar-refractivity contribution in [2.45, 2.75) is 90.9 Å². The van der Waals surface area contributed by atoms with E-state index in [1.54, 1.807) is 0 Å². The molecule has 0 saturated heterocycles. The molecule has 0 atom stereocenters. The van der Waals surface area contributed by atoms with E-state index in [-0.39, 0.29) is 25.0 Å². The van der Waals surface area contributed by atoms with Crippen LogP contribution in [0, 0.1) is 0 Å². The molecule has 0 N–H and O–H groups in total. The molecule has 136 valence electrons. The molecule has 0 aromatic rings. The van der Waals surface area contributed by atoms with Crippen molar-refractivity contribution in [3.8, 4) is 0 Å². The lowest BCUT2D eigenvalue weighted by molar-refractivity contribution is -0.149. The highest BCUT2D eigenvalue weighted by Gasteiger charge is 2.03. The fraction of sp³-hybridized carbons (Fsp3) is 0.895. The van der Waals surface area contributed by atoms with E-state index in [9.17, 15) is 9.59 Å². The number of Topliss-reactive ketones (excluding diaryl/α,β-unsaturated/α-hetero) is 1. The Bertz CT molecular complexity index is 289. The van der Waals surface area contributed by atoms with E-state index in [1.807, 2.05) is 0 Å². The predicted molar refractivity (Wildman–Crippen MR) is 93.5 cm³/mol. The number of carbonyl (C=O) groups is 2. The molecule has 0 aromatic carbocycles. The fourth-order valence-electron chi connectivity index (χ4n) is 2.45. The van der Waals surface area contributed by atoms with Gasteiger partial charge in [0.15, 0.2) is 5.78 Å². The Labute approximate surface area is 142 Å². The van der Waals surface area contributed by atoms with E-state index in [0.29, 0.717) is 6.61 Å². The molecular weight excluding hydrogens is 292 g/mol. The molecule has 0 aliphatic rings. The van der Waals surface area contributed by atoms with Gasteiger partial charge in [0, 0.05) is 0 Å². The van der Waals surface area contributed by atoms with E-state index < -0.39 is 0 Å². The molecule has 4 heteroatoms. The Balaban J connectivity index is 3.12. The third-order valence-electron chi connectivity index (χ3n) is 3.79. The molecular formula is C19H36O4. The average molecular weight is 328 g/mol. The minimum atomic E-state index is -0.380. The summed E-state index contributed by atoms with van der Waals surface area (Å²) in [5.41, 5.74) is 0.